The summed E-state index contributed by atoms with van der Waals surface area (Å²) in [4.78, 5) is 38.3. The number of rotatable bonds is 8. The second-order valence-electron chi connectivity index (χ2n) is 11.0. The topological polar surface area (TPSA) is 80.1 Å². The lowest BCUT2D eigenvalue weighted by atomic mass is 10.1. The number of halogens is 2. The van der Waals surface area contributed by atoms with E-state index < -0.39 is 17.5 Å². The second-order valence-corrected chi connectivity index (χ2v) is 11.0. The number of fused-ring (bicyclic) bond motifs is 2. The zero-order valence-electron chi connectivity index (χ0n) is 23.8. The summed E-state index contributed by atoms with van der Waals surface area (Å²) in [5, 5.41) is 0. The van der Waals surface area contributed by atoms with Crippen LogP contribution in [0.15, 0.2) is 36.4 Å². The average molecular weight is 580 g/mol. The molecule has 42 heavy (non-hydrogen) atoms. The first-order valence-electron chi connectivity index (χ1n) is 14.7. The molecule has 0 aliphatic carbocycles. The molecule has 9 nitrogen and oxygen atoms in total. The van der Waals surface area contributed by atoms with Crippen LogP contribution in [0, 0.1) is 11.6 Å². The molecule has 0 radical (unpaired) electrons. The number of aromatic nitrogens is 2. The lowest BCUT2D eigenvalue weighted by Crippen LogP contribution is -2.49. The molecule has 4 heterocycles. The molecule has 0 saturated carbocycles. The van der Waals surface area contributed by atoms with Gasteiger partial charge in [-0.2, -0.15) is 0 Å². The van der Waals surface area contributed by atoms with Crippen molar-refractivity contribution in [3.05, 3.63) is 70.7 Å². The molecule has 2 amide bonds. The first-order chi connectivity index (χ1) is 20.4. The smallest absolute Gasteiger partial charge is 0.274 e. The zero-order valence-corrected chi connectivity index (χ0v) is 23.8. The van der Waals surface area contributed by atoms with Gasteiger partial charge in [0.05, 0.1) is 0 Å². The number of hydrogen-bond acceptors (Lipinski definition) is 6. The number of unbranched alkanes of at least 4 members (excludes halogenated alkanes) is 1. The van der Waals surface area contributed by atoms with Gasteiger partial charge in [0.25, 0.3) is 11.8 Å². The molecule has 3 aliphatic heterocycles. The van der Waals surface area contributed by atoms with Crippen molar-refractivity contribution >= 4 is 17.6 Å². The highest BCUT2D eigenvalue weighted by Gasteiger charge is 2.34. The Bertz CT molecular complexity index is 1480. The van der Waals surface area contributed by atoms with E-state index in [0.29, 0.717) is 63.6 Å². The summed E-state index contributed by atoms with van der Waals surface area (Å²) in [7, 11) is 0. The molecule has 222 valence electrons. The van der Waals surface area contributed by atoms with Gasteiger partial charge in [-0.25, -0.2) is 13.8 Å². The van der Waals surface area contributed by atoms with Crippen molar-refractivity contribution in [2.45, 2.75) is 52.1 Å². The summed E-state index contributed by atoms with van der Waals surface area (Å²) in [6.45, 7) is 6.41. The van der Waals surface area contributed by atoms with E-state index in [4.69, 9.17) is 14.5 Å². The number of hydrogen-bond donors (Lipinski definition) is 0. The van der Waals surface area contributed by atoms with E-state index in [1.54, 1.807) is 0 Å². The van der Waals surface area contributed by atoms with Crippen LogP contribution in [0.2, 0.25) is 0 Å². The second kappa shape index (κ2) is 12.1. The molecule has 0 spiro atoms. The molecule has 3 aliphatic rings. The Kier molecular flexibility index (Phi) is 8.10. The monoisotopic (exact) mass is 579 g/mol. The van der Waals surface area contributed by atoms with Crippen LogP contribution in [0.1, 0.15) is 64.8 Å². The van der Waals surface area contributed by atoms with Crippen molar-refractivity contribution < 1.29 is 27.8 Å². The fraction of sp³-hybridized carbons (Fsp3) is 0.452. The van der Waals surface area contributed by atoms with E-state index in [0.717, 1.165) is 60.8 Å². The third-order valence-corrected chi connectivity index (χ3v) is 8.17. The molecule has 0 atom stereocenters. The van der Waals surface area contributed by atoms with E-state index in [9.17, 15) is 18.4 Å². The van der Waals surface area contributed by atoms with Gasteiger partial charge in [-0.3, -0.25) is 19.4 Å². The van der Waals surface area contributed by atoms with E-state index in [2.05, 4.69) is 4.90 Å². The molecule has 11 heteroatoms. The predicted molar refractivity (Wildman–Crippen MR) is 152 cm³/mol. The van der Waals surface area contributed by atoms with Gasteiger partial charge in [0, 0.05) is 57.8 Å². The van der Waals surface area contributed by atoms with Crippen molar-refractivity contribution in [3.8, 4) is 11.5 Å². The van der Waals surface area contributed by atoms with Gasteiger partial charge in [-0.15, -0.1) is 0 Å². The van der Waals surface area contributed by atoms with E-state index in [1.807, 2.05) is 34.6 Å². The molecule has 0 bridgehead atoms. The van der Waals surface area contributed by atoms with Gasteiger partial charge in [-0.05, 0) is 55.2 Å². The number of amides is 2. The molecule has 1 fully saturated rings. The van der Waals surface area contributed by atoms with Crippen LogP contribution >= 0.6 is 0 Å². The molecule has 3 aromatic rings. The standard InChI is InChI=1S/C31H35F2N5O4/c1-2-3-11-38(30(39)22-8-9-23(32)24(33)18-22)29-28(37-12-5-4-6-27(37)34-29)31(40)36-15-13-35(14-16-36)19-21-7-10-25-26(17-21)42-20-41-25/h7-10,17-18H,2-6,11-16,19-20H2,1H3. The molecule has 1 aromatic heterocycles. The van der Waals surface area contributed by atoms with Gasteiger partial charge in [0.15, 0.2) is 34.6 Å². The van der Waals surface area contributed by atoms with Crippen LogP contribution in [0.25, 0.3) is 0 Å². The molecule has 2 aromatic carbocycles. The average Bonchev–Trinajstić information content (AvgIpc) is 3.63. The van der Waals surface area contributed by atoms with Gasteiger partial charge in [0.1, 0.15) is 5.82 Å². The number of nitrogens with zero attached hydrogens (tertiary/aromatic N) is 5. The Balaban J connectivity index is 1.24. The van der Waals surface area contributed by atoms with Crippen LogP contribution in [0.3, 0.4) is 0 Å². The number of imidazole rings is 1. The lowest BCUT2D eigenvalue weighted by molar-refractivity contribution is 0.0617. The Morgan fingerprint density at radius 3 is 2.55 bits per heavy atom. The summed E-state index contributed by atoms with van der Waals surface area (Å²) >= 11 is 0. The Morgan fingerprint density at radius 2 is 1.76 bits per heavy atom. The highest BCUT2D eigenvalue weighted by Crippen LogP contribution is 2.33. The number of aryl methyl sites for hydroxylation is 1. The number of carbonyl (C=O) groups is 2. The van der Waals surface area contributed by atoms with Gasteiger partial charge < -0.3 is 18.9 Å². The maximum Gasteiger partial charge on any atom is 0.274 e. The van der Waals surface area contributed by atoms with Crippen molar-refractivity contribution in [2.24, 2.45) is 0 Å². The quantitative estimate of drug-likeness (QED) is 0.387. The highest BCUT2D eigenvalue weighted by molar-refractivity contribution is 6.09. The molecule has 1 saturated heterocycles. The van der Waals surface area contributed by atoms with Crippen molar-refractivity contribution in [1.82, 2.24) is 19.4 Å². The number of benzene rings is 2. The Labute approximate surface area is 243 Å². The third-order valence-electron chi connectivity index (χ3n) is 8.17. The van der Waals surface area contributed by atoms with Gasteiger partial charge in [0.2, 0.25) is 6.79 Å². The maximum absolute atomic E-state index is 14.2. The minimum Gasteiger partial charge on any atom is -0.454 e. The van der Waals surface area contributed by atoms with Crippen LogP contribution in [-0.4, -0.2) is 70.7 Å². The number of ether oxygens (including phenoxy) is 2. The van der Waals surface area contributed by atoms with E-state index in [1.165, 1.54) is 11.0 Å². The van der Waals surface area contributed by atoms with Crippen molar-refractivity contribution in [1.29, 1.82) is 0 Å². The van der Waals surface area contributed by atoms with Crippen LogP contribution in [0.5, 0.6) is 11.5 Å². The predicted octanol–water partition coefficient (Wildman–Crippen LogP) is 4.63. The summed E-state index contributed by atoms with van der Waals surface area (Å²) in [5.41, 5.74) is 1.54. The van der Waals surface area contributed by atoms with E-state index >= 15 is 0 Å². The van der Waals surface area contributed by atoms with E-state index in [-0.39, 0.29) is 18.3 Å². The summed E-state index contributed by atoms with van der Waals surface area (Å²) < 4.78 is 40.6. The molecule has 0 N–H and O–H groups in total. The molecule has 6 rings (SSSR count). The summed E-state index contributed by atoms with van der Waals surface area (Å²) in [6, 6.07) is 9.09. The largest absolute Gasteiger partial charge is 0.454 e. The third kappa shape index (κ3) is 5.57. The van der Waals surface area contributed by atoms with Crippen LogP contribution in [0.4, 0.5) is 14.6 Å². The molecule has 0 unspecified atom stereocenters. The van der Waals surface area contributed by atoms with Crippen molar-refractivity contribution in [2.75, 3.05) is 44.4 Å². The highest BCUT2D eigenvalue weighted by atomic mass is 19.2. The lowest BCUT2D eigenvalue weighted by Gasteiger charge is -2.35. The van der Waals surface area contributed by atoms with Gasteiger partial charge >= 0.3 is 0 Å². The zero-order chi connectivity index (χ0) is 29.2. The number of anilines is 1. The SMILES string of the molecule is CCCCN(C(=O)c1ccc(F)c(F)c1)c1nc2n(c1C(=O)N1CCN(Cc3ccc4c(c3)OCO4)CC1)CCCC2. The Hall–Kier alpha value is -3.99. The first kappa shape index (κ1) is 28.1. The first-order valence-corrected chi connectivity index (χ1v) is 14.7. The fourth-order valence-electron chi connectivity index (χ4n) is 5.83. The number of piperazine rings is 1. The summed E-state index contributed by atoms with van der Waals surface area (Å²) in [6.07, 6.45) is 4.06. The number of carbonyl (C=O) groups excluding carboxylic acids is 2. The molecular formula is C31H35F2N5O4. The minimum atomic E-state index is -1.09. The maximum atomic E-state index is 14.2. The Morgan fingerprint density at radius 1 is 0.952 bits per heavy atom. The van der Waals surface area contributed by atoms with Gasteiger partial charge in [-0.1, -0.05) is 19.4 Å². The molecular weight excluding hydrogens is 544 g/mol. The summed E-state index contributed by atoms with van der Waals surface area (Å²) in [5.74, 6) is -0.167. The minimum absolute atomic E-state index is 0.0199. The van der Waals surface area contributed by atoms with Crippen LogP contribution in [-0.2, 0) is 19.5 Å². The van der Waals surface area contributed by atoms with Crippen LogP contribution < -0.4 is 14.4 Å². The fourth-order valence-corrected chi connectivity index (χ4v) is 5.83. The normalized spacial score (nSPS) is 16.4. The van der Waals surface area contributed by atoms with Crippen molar-refractivity contribution in [3.63, 3.8) is 0 Å².